The molecule has 1 aromatic carbocycles. The molecule has 0 spiro atoms. The minimum absolute atomic E-state index is 0.0282. The van der Waals surface area contributed by atoms with Crippen LogP contribution in [0.4, 0.5) is 0 Å². The zero-order chi connectivity index (χ0) is 13.8. The number of amides is 2. The first-order valence-corrected chi connectivity index (χ1v) is 6.86. The molecule has 4 heteroatoms. The van der Waals surface area contributed by atoms with Crippen LogP contribution in [0, 0.1) is 0 Å². The van der Waals surface area contributed by atoms with E-state index in [1.54, 1.807) is 18.2 Å². The van der Waals surface area contributed by atoms with Gasteiger partial charge < -0.3 is 10.6 Å². The molecule has 1 heterocycles. The Labute approximate surface area is 113 Å². The zero-order valence-corrected chi connectivity index (χ0v) is 11.3. The zero-order valence-electron chi connectivity index (χ0n) is 11.3. The third-order valence-electron chi connectivity index (χ3n) is 3.62. The molecular formula is C15H20N2O2. The fourth-order valence-corrected chi connectivity index (χ4v) is 2.57. The lowest BCUT2D eigenvalue weighted by molar-refractivity contribution is 0.0736. The smallest absolute Gasteiger partial charge is 0.254 e. The molecule has 102 valence electrons. The number of fused-ring (bicyclic) bond motifs is 1. The van der Waals surface area contributed by atoms with Gasteiger partial charge in [0.1, 0.15) is 0 Å². The maximum atomic E-state index is 12.4. The van der Waals surface area contributed by atoms with E-state index in [0.29, 0.717) is 24.1 Å². The second-order valence-corrected chi connectivity index (χ2v) is 4.95. The fourth-order valence-electron chi connectivity index (χ4n) is 2.57. The summed E-state index contributed by atoms with van der Waals surface area (Å²) in [6.07, 6.45) is 4.03. The van der Waals surface area contributed by atoms with E-state index in [1.165, 1.54) is 0 Å². The van der Waals surface area contributed by atoms with Crippen LogP contribution < -0.4 is 5.73 Å². The molecule has 2 N–H and O–H groups in total. The first kappa shape index (κ1) is 13.6. The standard InChI is InChI=1S/C15H20N2O2/c1-2-3-4-9-17-10-8-11-12(14(16)18)6-5-7-13(11)15(17)19/h5-7H,2-4,8-10H2,1H3,(H2,16,18). The van der Waals surface area contributed by atoms with E-state index in [2.05, 4.69) is 6.92 Å². The molecule has 0 atom stereocenters. The number of nitrogens with two attached hydrogens (primary N) is 1. The average Bonchev–Trinajstić information content (AvgIpc) is 2.41. The van der Waals surface area contributed by atoms with Crippen molar-refractivity contribution in [1.29, 1.82) is 0 Å². The van der Waals surface area contributed by atoms with Crippen LogP contribution in [0.25, 0.3) is 0 Å². The first-order chi connectivity index (χ1) is 9.15. The van der Waals surface area contributed by atoms with Gasteiger partial charge in [0.15, 0.2) is 0 Å². The summed E-state index contributed by atoms with van der Waals surface area (Å²) in [4.78, 5) is 25.6. The highest BCUT2D eigenvalue weighted by atomic mass is 16.2. The first-order valence-electron chi connectivity index (χ1n) is 6.86. The predicted octanol–water partition coefficient (Wildman–Crippen LogP) is 1.97. The van der Waals surface area contributed by atoms with E-state index in [4.69, 9.17) is 5.73 Å². The third-order valence-corrected chi connectivity index (χ3v) is 3.62. The van der Waals surface area contributed by atoms with Gasteiger partial charge in [-0.15, -0.1) is 0 Å². The molecule has 4 nitrogen and oxygen atoms in total. The van der Waals surface area contributed by atoms with Gasteiger partial charge in [-0.05, 0) is 30.5 Å². The summed E-state index contributed by atoms with van der Waals surface area (Å²) in [7, 11) is 0. The second-order valence-electron chi connectivity index (χ2n) is 4.95. The number of unbranched alkanes of at least 4 members (excludes halogenated alkanes) is 2. The lowest BCUT2D eigenvalue weighted by Crippen LogP contribution is -2.39. The Morgan fingerprint density at radius 1 is 1.37 bits per heavy atom. The number of nitrogens with zero attached hydrogens (tertiary/aromatic N) is 1. The van der Waals surface area contributed by atoms with E-state index >= 15 is 0 Å². The molecule has 0 fully saturated rings. The van der Waals surface area contributed by atoms with Crippen molar-refractivity contribution in [3.63, 3.8) is 0 Å². The summed E-state index contributed by atoms with van der Waals surface area (Å²) in [5, 5.41) is 0. The summed E-state index contributed by atoms with van der Waals surface area (Å²) >= 11 is 0. The highest BCUT2D eigenvalue weighted by Gasteiger charge is 2.26. The average molecular weight is 260 g/mol. The van der Waals surface area contributed by atoms with Crippen molar-refractivity contribution < 1.29 is 9.59 Å². The monoisotopic (exact) mass is 260 g/mol. The Balaban J connectivity index is 2.20. The molecule has 0 aromatic heterocycles. The van der Waals surface area contributed by atoms with Crippen LogP contribution in [0.15, 0.2) is 18.2 Å². The maximum absolute atomic E-state index is 12.4. The van der Waals surface area contributed by atoms with Crippen molar-refractivity contribution in [2.45, 2.75) is 32.6 Å². The SMILES string of the molecule is CCCCCN1CCc2c(C(N)=O)cccc2C1=O. The number of hydrogen-bond donors (Lipinski definition) is 1. The Kier molecular flexibility index (Phi) is 4.20. The third kappa shape index (κ3) is 2.78. The minimum atomic E-state index is -0.455. The fraction of sp³-hybridized carbons (Fsp3) is 0.467. The van der Waals surface area contributed by atoms with E-state index in [-0.39, 0.29) is 5.91 Å². The second kappa shape index (κ2) is 5.87. The van der Waals surface area contributed by atoms with Crippen LogP contribution in [0.5, 0.6) is 0 Å². The van der Waals surface area contributed by atoms with E-state index in [1.807, 2.05) is 4.90 Å². The summed E-state index contributed by atoms with van der Waals surface area (Å²) in [5.74, 6) is -0.426. The van der Waals surface area contributed by atoms with Gasteiger partial charge in [-0.25, -0.2) is 0 Å². The van der Waals surface area contributed by atoms with Crippen molar-refractivity contribution in [2.24, 2.45) is 5.73 Å². The summed E-state index contributed by atoms with van der Waals surface area (Å²) in [5.41, 5.74) is 7.29. The van der Waals surface area contributed by atoms with Gasteiger partial charge in [-0.1, -0.05) is 25.8 Å². The lowest BCUT2D eigenvalue weighted by atomic mass is 9.93. The highest BCUT2D eigenvalue weighted by Crippen LogP contribution is 2.22. The van der Waals surface area contributed by atoms with Gasteiger partial charge in [0.05, 0.1) is 0 Å². The molecule has 0 bridgehead atoms. The van der Waals surface area contributed by atoms with Gasteiger partial charge in [0.2, 0.25) is 5.91 Å². The van der Waals surface area contributed by atoms with Crippen molar-refractivity contribution in [3.8, 4) is 0 Å². The number of hydrogen-bond acceptors (Lipinski definition) is 2. The maximum Gasteiger partial charge on any atom is 0.254 e. The highest BCUT2D eigenvalue weighted by molar-refractivity contribution is 6.02. The number of benzene rings is 1. The Bertz CT molecular complexity index is 497. The number of carbonyl (C=O) groups is 2. The minimum Gasteiger partial charge on any atom is -0.366 e. The molecule has 1 aliphatic rings. The Morgan fingerprint density at radius 3 is 2.84 bits per heavy atom. The van der Waals surface area contributed by atoms with E-state index in [9.17, 15) is 9.59 Å². The van der Waals surface area contributed by atoms with Crippen molar-refractivity contribution in [2.75, 3.05) is 13.1 Å². The van der Waals surface area contributed by atoms with E-state index < -0.39 is 5.91 Å². The van der Waals surface area contributed by atoms with Gasteiger partial charge in [0, 0.05) is 24.2 Å². The molecule has 0 aliphatic carbocycles. The Morgan fingerprint density at radius 2 is 2.16 bits per heavy atom. The molecule has 2 amide bonds. The van der Waals surface area contributed by atoms with Crippen LogP contribution in [0.2, 0.25) is 0 Å². The van der Waals surface area contributed by atoms with Crippen LogP contribution in [-0.2, 0) is 6.42 Å². The van der Waals surface area contributed by atoms with Crippen molar-refractivity contribution in [1.82, 2.24) is 4.90 Å². The van der Waals surface area contributed by atoms with Gasteiger partial charge in [-0.2, -0.15) is 0 Å². The molecule has 0 unspecified atom stereocenters. The number of primary amides is 1. The summed E-state index contributed by atoms with van der Waals surface area (Å²) in [6, 6.07) is 5.21. The van der Waals surface area contributed by atoms with Crippen LogP contribution in [0.3, 0.4) is 0 Å². The lowest BCUT2D eigenvalue weighted by Gasteiger charge is -2.29. The largest absolute Gasteiger partial charge is 0.366 e. The van der Waals surface area contributed by atoms with E-state index in [0.717, 1.165) is 31.4 Å². The molecule has 0 radical (unpaired) electrons. The predicted molar refractivity (Wildman–Crippen MR) is 74.1 cm³/mol. The van der Waals surface area contributed by atoms with Crippen LogP contribution >= 0.6 is 0 Å². The van der Waals surface area contributed by atoms with Crippen LogP contribution in [0.1, 0.15) is 52.5 Å². The molecule has 1 aromatic rings. The molecule has 2 rings (SSSR count). The van der Waals surface area contributed by atoms with Gasteiger partial charge in [0.25, 0.3) is 5.91 Å². The van der Waals surface area contributed by atoms with Gasteiger partial charge in [-0.3, -0.25) is 9.59 Å². The quantitative estimate of drug-likeness (QED) is 0.823. The molecular weight excluding hydrogens is 240 g/mol. The number of carbonyl (C=O) groups excluding carboxylic acids is 2. The normalized spacial score (nSPS) is 14.4. The molecule has 19 heavy (non-hydrogen) atoms. The Hall–Kier alpha value is -1.84. The van der Waals surface area contributed by atoms with Crippen molar-refractivity contribution >= 4 is 11.8 Å². The summed E-state index contributed by atoms with van der Waals surface area (Å²) < 4.78 is 0. The topological polar surface area (TPSA) is 63.4 Å². The molecule has 0 saturated heterocycles. The molecule has 0 saturated carbocycles. The summed E-state index contributed by atoms with van der Waals surface area (Å²) in [6.45, 7) is 3.62. The molecule has 1 aliphatic heterocycles. The van der Waals surface area contributed by atoms with Gasteiger partial charge >= 0.3 is 0 Å². The van der Waals surface area contributed by atoms with Crippen LogP contribution in [-0.4, -0.2) is 29.8 Å². The number of rotatable bonds is 5. The van der Waals surface area contributed by atoms with Crippen molar-refractivity contribution in [3.05, 3.63) is 34.9 Å².